The van der Waals surface area contributed by atoms with Gasteiger partial charge in [0.15, 0.2) is 0 Å². The van der Waals surface area contributed by atoms with Crippen molar-refractivity contribution in [3.05, 3.63) is 53.9 Å². The molecule has 2 aromatic rings. The molecule has 1 aromatic carbocycles. The molecule has 1 saturated heterocycles. The molecule has 0 bridgehead atoms. The van der Waals surface area contributed by atoms with E-state index in [1.165, 1.54) is 22.6 Å². The molecule has 156 valence electrons. The average molecular weight is 429 g/mol. The average Bonchev–Trinajstić information content (AvgIpc) is 2.68. The first-order valence-electron chi connectivity index (χ1n) is 8.67. The molecule has 1 aromatic heterocycles. The van der Waals surface area contributed by atoms with Gasteiger partial charge in [-0.05, 0) is 43.2 Å². The van der Waals surface area contributed by atoms with Gasteiger partial charge in [0.25, 0.3) is 5.91 Å². The summed E-state index contributed by atoms with van der Waals surface area (Å²) in [6.45, 7) is 0.254. The number of carbonyl (C=O) groups is 1. The van der Waals surface area contributed by atoms with Gasteiger partial charge in [-0.3, -0.25) is 9.78 Å². The Kier molecular flexibility index (Phi) is 5.80. The van der Waals surface area contributed by atoms with Crippen LogP contribution in [0.4, 0.5) is 13.2 Å². The largest absolute Gasteiger partial charge is 0.489 e. The molecular formula is C18H18F3N3O4S. The van der Waals surface area contributed by atoms with E-state index in [-0.39, 0.29) is 23.7 Å². The van der Waals surface area contributed by atoms with E-state index in [0.717, 1.165) is 24.3 Å². The Balaban J connectivity index is 1.74. The molecule has 2 heterocycles. The maximum Gasteiger partial charge on any atom is 0.416 e. The highest BCUT2D eigenvalue weighted by molar-refractivity contribution is 7.89. The maximum absolute atomic E-state index is 12.8. The Labute approximate surface area is 165 Å². The van der Waals surface area contributed by atoms with Crippen LogP contribution >= 0.6 is 0 Å². The number of piperidine rings is 1. The van der Waals surface area contributed by atoms with Gasteiger partial charge in [0, 0.05) is 18.8 Å². The van der Waals surface area contributed by atoms with E-state index in [4.69, 9.17) is 10.5 Å². The van der Waals surface area contributed by atoms with Gasteiger partial charge in [0.2, 0.25) is 10.0 Å². The number of hydrogen-bond donors (Lipinski definition) is 1. The molecule has 11 heteroatoms. The van der Waals surface area contributed by atoms with Crippen LogP contribution in [0.15, 0.2) is 47.5 Å². The fraction of sp³-hybridized carbons (Fsp3) is 0.333. The van der Waals surface area contributed by atoms with Crippen LogP contribution in [-0.4, -0.2) is 42.8 Å². The number of rotatable bonds is 5. The van der Waals surface area contributed by atoms with Crippen molar-refractivity contribution in [2.45, 2.75) is 30.0 Å². The van der Waals surface area contributed by atoms with E-state index < -0.39 is 33.8 Å². The normalized spacial score (nSPS) is 18.4. The van der Waals surface area contributed by atoms with Crippen LogP contribution in [0.3, 0.4) is 0 Å². The van der Waals surface area contributed by atoms with Gasteiger partial charge in [0.05, 0.1) is 17.0 Å². The lowest BCUT2D eigenvalue weighted by Gasteiger charge is -2.32. The summed E-state index contributed by atoms with van der Waals surface area (Å²) in [7, 11) is -3.97. The fourth-order valence-electron chi connectivity index (χ4n) is 3.00. The third kappa shape index (κ3) is 4.85. The van der Waals surface area contributed by atoms with Crippen LogP contribution in [0.1, 0.15) is 28.9 Å². The molecule has 29 heavy (non-hydrogen) atoms. The van der Waals surface area contributed by atoms with Crippen LogP contribution in [0.5, 0.6) is 5.75 Å². The SMILES string of the molecule is NC(=O)c1cc(OC2CCCN(S(=O)(=O)c3ccc(C(F)(F)F)cc3)C2)ccn1. The summed E-state index contributed by atoms with van der Waals surface area (Å²) in [5.41, 5.74) is 4.29. The first-order chi connectivity index (χ1) is 13.6. The summed E-state index contributed by atoms with van der Waals surface area (Å²) in [4.78, 5) is 14.8. The molecule has 1 aliphatic heterocycles. The van der Waals surface area contributed by atoms with Gasteiger partial charge in [0.1, 0.15) is 17.5 Å². The number of benzene rings is 1. The molecule has 2 N–H and O–H groups in total. The highest BCUT2D eigenvalue weighted by atomic mass is 32.2. The van der Waals surface area contributed by atoms with Crippen LogP contribution in [0.2, 0.25) is 0 Å². The van der Waals surface area contributed by atoms with Crippen molar-refractivity contribution >= 4 is 15.9 Å². The highest BCUT2D eigenvalue weighted by Crippen LogP contribution is 2.31. The van der Waals surface area contributed by atoms with Crippen LogP contribution < -0.4 is 10.5 Å². The van der Waals surface area contributed by atoms with Crippen LogP contribution in [0, 0.1) is 0 Å². The summed E-state index contributed by atoms with van der Waals surface area (Å²) in [5.74, 6) is -0.391. The first-order valence-corrected chi connectivity index (χ1v) is 10.1. The molecule has 1 fully saturated rings. The zero-order chi connectivity index (χ0) is 21.2. The van der Waals surface area contributed by atoms with E-state index in [9.17, 15) is 26.4 Å². The minimum atomic E-state index is -4.54. The number of aromatic nitrogens is 1. The summed E-state index contributed by atoms with van der Waals surface area (Å²) in [5, 5.41) is 0. The molecule has 3 rings (SSSR count). The number of pyridine rings is 1. The third-order valence-electron chi connectivity index (χ3n) is 4.45. The van der Waals surface area contributed by atoms with Gasteiger partial charge in [-0.15, -0.1) is 0 Å². The number of amides is 1. The van der Waals surface area contributed by atoms with Crippen molar-refractivity contribution < 1.29 is 31.1 Å². The van der Waals surface area contributed by atoms with Crippen molar-refractivity contribution in [1.29, 1.82) is 0 Å². The molecule has 1 amide bonds. The number of hydrogen-bond acceptors (Lipinski definition) is 5. The number of primary amides is 1. The standard InChI is InChI=1S/C18H18F3N3O4S/c19-18(20,21)12-3-5-15(6-4-12)29(26,27)24-9-1-2-14(11-24)28-13-7-8-23-16(10-13)17(22)25/h3-8,10,14H,1-2,9,11H2,(H2,22,25). The molecule has 1 unspecified atom stereocenters. The fourth-order valence-corrected chi connectivity index (χ4v) is 4.51. The zero-order valence-electron chi connectivity index (χ0n) is 15.1. The smallest absolute Gasteiger partial charge is 0.416 e. The first kappa shape index (κ1) is 21.1. The third-order valence-corrected chi connectivity index (χ3v) is 6.33. The topological polar surface area (TPSA) is 103 Å². The molecule has 0 spiro atoms. The van der Waals surface area contributed by atoms with Crippen molar-refractivity contribution in [1.82, 2.24) is 9.29 Å². The number of sulfonamides is 1. The summed E-state index contributed by atoms with van der Waals surface area (Å²) >= 11 is 0. The van der Waals surface area contributed by atoms with Gasteiger partial charge in [-0.2, -0.15) is 17.5 Å². The number of ether oxygens (including phenoxy) is 1. The molecular weight excluding hydrogens is 411 g/mol. The quantitative estimate of drug-likeness (QED) is 0.787. The molecule has 0 aliphatic carbocycles. The van der Waals surface area contributed by atoms with E-state index in [1.807, 2.05) is 0 Å². The maximum atomic E-state index is 12.8. The predicted molar refractivity (Wildman–Crippen MR) is 96.6 cm³/mol. The van der Waals surface area contributed by atoms with E-state index >= 15 is 0 Å². The number of carbonyl (C=O) groups excluding carboxylic acids is 1. The predicted octanol–water partition coefficient (Wildman–Crippen LogP) is 2.43. The second-order valence-corrected chi connectivity index (χ2v) is 8.45. The Bertz CT molecular complexity index is 994. The minimum absolute atomic E-state index is 0.0209. The number of alkyl halides is 3. The van der Waals surface area contributed by atoms with Crippen LogP contribution in [0.25, 0.3) is 0 Å². The molecule has 0 saturated carbocycles. The van der Waals surface area contributed by atoms with Crippen molar-refractivity contribution in [3.63, 3.8) is 0 Å². The zero-order valence-corrected chi connectivity index (χ0v) is 15.9. The van der Waals surface area contributed by atoms with Crippen molar-refractivity contribution in [3.8, 4) is 5.75 Å². The van der Waals surface area contributed by atoms with Crippen LogP contribution in [-0.2, 0) is 16.2 Å². The van der Waals surface area contributed by atoms with Gasteiger partial charge < -0.3 is 10.5 Å². The lowest BCUT2D eigenvalue weighted by atomic mass is 10.1. The minimum Gasteiger partial charge on any atom is -0.489 e. The summed E-state index contributed by atoms with van der Waals surface area (Å²) < 4.78 is 70.7. The van der Waals surface area contributed by atoms with Gasteiger partial charge in [-0.1, -0.05) is 0 Å². The number of nitrogens with zero attached hydrogens (tertiary/aromatic N) is 2. The highest BCUT2D eigenvalue weighted by Gasteiger charge is 2.33. The Morgan fingerprint density at radius 2 is 1.90 bits per heavy atom. The van der Waals surface area contributed by atoms with Crippen molar-refractivity contribution in [2.75, 3.05) is 13.1 Å². The summed E-state index contributed by atoms with van der Waals surface area (Å²) in [6, 6.07) is 6.27. The summed E-state index contributed by atoms with van der Waals surface area (Å²) in [6.07, 6.45) is -2.59. The number of nitrogens with two attached hydrogens (primary N) is 1. The molecule has 7 nitrogen and oxygen atoms in total. The van der Waals surface area contributed by atoms with Gasteiger partial charge >= 0.3 is 6.18 Å². The van der Waals surface area contributed by atoms with E-state index in [1.54, 1.807) is 0 Å². The van der Waals surface area contributed by atoms with Crippen molar-refractivity contribution in [2.24, 2.45) is 5.73 Å². The van der Waals surface area contributed by atoms with Gasteiger partial charge in [-0.25, -0.2) is 8.42 Å². The molecule has 0 radical (unpaired) electrons. The second-order valence-electron chi connectivity index (χ2n) is 6.51. The van der Waals surface area contributed by atoms with E-state index in [2.05, 4.69) is 4.98 Å². The monoisotopic (exact) mass is 429 g/mol. The van der Waals surface area contributed by atoms with E-state index in [0.29, 0.717) is 18.6 Å². The second kappa shape index (κ2) is 7.99. The Morgan fingerprint density at radius 3 is 2.52 bits per heavy atom. The lowest BCUT2D eigenvalue weighted by Crippen LogP contribution is -2.44. The molecule has 1 atom stereocenters. The lowest BCUT2D eigenvalue weighted by molar-refractivity contribution is -0.137. The Morgan fingerprint density at radius 1 is 1.21 bits per heavy atom. The Hall–Kier alpha value is -2.66. The number of halogens is 3. The molecule has 1 aliphatic rings.